The Kier molecular flexibility index (Phi) is 2.18. The van der Waals surface area contributed by atoms with Crippen LogP contribution in [0.3, 0.4) is 0 Å². The third kappa shape index (κ3) is 1.09. The zero-order chi connectivity index (χ0) is 7.84. The number of para-hydroxylation sites is 2. The first-order valence-corrected chi connectivity index (χ1v) is 3.67. The molecule has 64 valence electrons. The first-order chi connectivity index (χ1) is 5.29. The molecule has 1 aromatic carbocycles. The van der Waals surface area contributed by atoms with Crippen molar-refractivity contribution in [2.45, 2.75) is 14.4 Å². The highest BCUT2D eigenvalue weighted by atomic mass is 15.0. The second-order valence-corrected chi connectivity index (χ2v) is 2.71. The molecule has 0 aliphatic carbocycles. The number of aromatic nitrogens is 2. The summed E-state index contributed by atoms with van der Waals surface area (Å²) in [6.07, 6.45) is 0. The summed E-state index contributed by atoms with van der Waals surface area (Å²) in [5.74, 6) is 1.06. The Balaban J connectivity index is 0.000000720. The van der Waals surface area contributed by atoms with E-state index < -0.39 is 0 Å². The first-order valence-electron chi connectivity index (χ1n) is 3.67. The molecule has 12 heavy (non-hydrogen) atoms. The molecule has 0 radical (unpaired) electrons. The van der Waals surface area contributed by atoms with Crippen LogP contribution in [0, 0.1) is 6.92 Å². The van der Waals surface area contributed by atoms with Crippen molar-refractivity contribution >= 4 is 11.0 Å². The van der Waals surface area contributed by atoms with Crippen LogP contribution in [0.2, 0.25) is 0 Å². The van der Waals surface area contributed by atoms with Gasteiger partial charge in [-0.3, -0.25) is 0 Å². The summed E-state index contributed by atoms with van der Waals surface area (Å²) in [5.41, 5.74) is 2.28. The van der Waals surface area contributed by atoms with Crippen LogP contribution < -0.4 is 0 Å². The standard InChI is InChI=1S/C9H10N2.CH4/c1-7-10-8-5-3-4-6-9(8)11(7)2;/h3-6H,1-2H3;1H4. The number of benzene rings is 1. The lowest BCUT2D eigenvalue weighted by Crippen LogP contribution is -1.89. The average Bonchev–Trinajstić information content (AvgIpc) is 2.30. The van der Waals surface area contributed by atoms with Gasteiger partial charge in [0.1, 0.15) is 5.82 Å². The monoisotopic (exact) mass is 162 g/mol. The van der Waals surface area contributed by atoms with Crippen LogP contribution in [-0.2, 0) is 7.05 Å². The van der Waals surface area contributed by atoms with E-state index in [1.165, 1.54) is 5.52 Å². The number of hydrogen-bond donors (Lipinski definition) is 0. The molecule has 2 rings (SSSR count). The molecule has 0 aliphatic rings. The molecule has 1 heterocycles. The minimum Gasteiger partial charge on any atom is -0.331 e. The molecular weight excluding hydrogens is 148 g/mol. The van der Waals surface area contributed by atoms with Crippen LogP contribution in [0.15, 0.2) is 24.3 Å². The molecule has 0 N–H and O–H groups in total. The Morgan fingerprint density at radius 2 is 1.92 bits per heavy atom. The van der Waals surface area contributed by atoms with E-state index in [4.69, 9.17) is 0 Å². The van der Waals surface area contributed by atoms with Gasteiger partial charge >= 0.3 is 0 Å². The van der Waals surface area contributed by atoms with Crippen molar-refractivity contribution in [3.8, 4) is 0 Å². The molecule has 0 aliphatic heterocycles. The summed E-state index contributed by atoms with van der Waals surface area (Å²) < 4.78 is 2.09. The Morgan fingerprint density at radius 1 is 1.25 bits per heavy atom. The quantitative estimate of drug-likeness (QED) is 0.582. The van der Waals surface area contributed by atoms with E-state index in [0.717, 1.165) is 11.3 Å². The maximum Gasteiger partial charge on any atom is 0.106 e. The van der Waals surface area contributed by atoms with Crippen LogP contribution >= 0.6 is 0 Å². The molecular formula is C10H14N2. The summed E-state index contributed by atoms with van der Waals surface area (Å²) in [7, 11) is 2.03. The molecule has 2 aromatic rings. The van der Waals surface area contributed by atoms with Crippen LogP contribution in [-0.4, -0.2) is 9.55 Å². The zero-order valence-electron chi connectivity index (χ0n) is 6.70. The second-order valence-electron chi connectivity index (χ2n) is 2.71. The summed E-state index contributed by atoms with van der Waals surface area (Å²) in [6, 6.07) is 8.15. The zero-order valence-corrected chi connectivity index (χ0v) is 6.70. The highest BCUT2D eigenvalue weighted by molar-refractivity contribution is 5.75. The molecule has 0 bridgehead atoms. The Labute approximate surface area is 72.9 Å². The third-order valence-electron chi connectivity index (χ3n) is 2.01. The highest BCUT2D eigenvalue weighted by Crippen LogP contribution is 2.12. The summed E-state index contributed by atoms with van der Waals surface area (Å²) in [6.45, 7) is 2.01. The van der Waals surface area contributed by atoms with Crippen molar-refractivity contribution in [1.29, 1.82) is 0 Å². The van der Waals surface area contributed by atoms with E-state index in [1.807, 2.05) is 32.2 Å². The molecule has 2 heteroatoms. The van der Waals surface area contributed by atoms with E-state index in [-0.39, 0.29) is 7.43 Å². The number of nitrogens with zero attached hydrogens (tertiary/aromatic N) is 2. The molecule has 0 amide bonds. The molecule has 0 fully saturated rings. The largest absolute Gasteiger partial charge is 0.331 e. The molecule has 1 aromatic heterocycles. The highest BCUT2D eigenvalue weighted by Gasteiger charge is 2.00. The van der Waals surface area contributed by atoms with Crippen LogP contribution in [0.4, 0.5) is 0 Å². The topological polar surface area (TPSA) is 17.8 Å². The molecule has 0 saturated carbocycles. The number of rotatable bonds is 0. The van der Waals surface area contributed by atoms with Gasteiger partial charge in [0.25, 0.3) is 0 Å². The number of hydrogen-bond acceptors (Lipinski definition) is 1. The predicted molar refractivity (Wildman–Crippen MR) is 52.2 cm³/mol. The van der Waals surface area contributed by atoms with Crippen molar-refractivity contribution in [3.63, 3.8) is 0 Å². The van der Waals surface area contributed by atoms with Crippen molar-refractivity contribution in [1.82, 2.24) is 9.55 Å². The van der Waals surface area contributed by atoms with Gasteiger partial charge in [0, 0.05) is 7.05 Å². The predicted octanol–water partition coefficient (Wildman–Crippen LogP) is 2.52. The fraction of sp³-hybridized carbons (Fsp3) is 0.300. The van der Waals surface area contributed by atoms with E-state index in [0.29, 0.717) is 0 Å². The van der Waals surface area contributed by atoms with Gasteiger partial charge in [0.2, 0.25) is 0 Å². The summed E-state index contributed by atoms with van der Waals surface area (Å²) in [4.78, 5) is 4.38. The smallest absolute Gasteiger partial charge is 0.106 e. The normalized spacial score (nSPS) is 9.83. The molecule has 0 unspecified atom stereocenters. The van der Waals surface area contributed by atoms with Gasteiger partial charge in [-0.25, -0.2) is 4.98 Å². The maximum atomic E-state index is 4.38. The molecule has 0 spiro atoms. The number of imidazole rings is 1. The minimum absolute atomic E-state index is 0. The van der Waals surface area contributed by atoms with Crippen LogP contribution in [0.5, 0.6) is 0 Å². The van der Waals surface area contributed by atoms with Gasteiger partial charge in [0.05, 0.1) is 11.0 Å². The van der Waals surface area contributed by atoms with Gasteiger partial charge < -0.3 is 4.57 Å². The average molecular weight is 162 g/mol. The van der Waals surface area contributed by atoms with E-state index in [1.54, 1.807) is 0 Å². The lowest BCUT2D eigenvalue weighted by Gasteiger charge is -1.93. The third-order valence-corrected chi connectivity index (χ3v) is 2.01. The minimum atomic E-state index is 0. The fourth-order valence-electron chi connectivity index (χ4n) is 1.27. The fourth-order valence-corrected chi connectivity index (χ4v) is 1.27. The van der Waals surface area contributed by atoms with Crippen molar-refractivity contribution in [2.24, 2.45) is 7.05 Å². The summed E-state index contributed by atoms with van der Waals surface area (Å²) >= 11 is 0. The van der Waals surface area contributed by atoms with E-state index in [9.17, 15) is 0 Å². The van der Waals surface area contributed by atoms with Crippen molar-refractivity contribution in [2.75, 3.05) is 0 Å². The Hall–Kier alpha value is -1.31. The number of fused-ring (bicyclic) bond motifs is 1. The maximum absolute atomic E-state index is 4.38. The van der Waals surface area contributed by atoms with Gasteiger partial charge in [-0.15, -0.1) is 0 Å². The van der Waals surface area contributed by atoms with Crippen LogP contribution in [0.25, 0.3) is 11.0 Å². The lowest BCUT2D eigenvalue weighted by atomic mass is 10.3. The van der Waals surface area contributed by atoms with E-state index >= 15 is 0 Å². The van der Waals surface area contributed by atoms with Gasteiger partial charge in [0.15, 0.2) is 0 Å². The van der Waals surface area contributed by atoms with Gasteiger partial charge in [-0.1, -0.05) is 19.6 Å². The van der Waals surface area contributed by atoms with E-state index in [2.05, 4.69) is 15.6 Å². The number of aryl methyl sites for hydroxylation is 2. The lowest BCUT2D eigenvalue weighted by molar-refractivity contribution is 0.886. The molecule has 0 saturated heterocycles. The second kappa shape index (κ2) is 2.97. The SMILES string of the molecule is C.Cc1nc2ccccc2n1C. The first kappa shape index (κ1) is 8.78. The summed E-state index contributed by atoms with van der Waals surface area (Å²) in [5, 5.41) is 0. The van der Waals surface area contributed by atoms with Crippen molar-refractivity contribution < 1.29 is 0 Å². The molecule has 2 nitrogen and oxygen atoms in total. The van der Waals surface area contributed by atoms with Crippen molar-refractivity contribution in [3.05, 3.63) is 30.1 Å². The Bertz CT molecular complexity index is 388. The molecule has 0 atom stereocenters. The van der Waals surface area contributed by atoms with Gasteiger partial charge in [-0.2, -0.15) is 0 Å². The van der Waals surface area contributed by atoms with Crippen LogP contribution in [0.1, 0.15) is 13.3 Å². The van der Waals surface area contributed by atoms with Gasteiger partial charge in [-0.05, 0) is 19.1 Å². The Morgan fingerprint density at radius 3 is 2.58 bits per heavy atom.